The van der Waals surface area contributed by atoms with Crippen LogP contribution < -0.4 is 5.32 Å². The van der Waals surface area contributed by atoms with Crippen molar-refractivity contribution in [2.45, 2.75) is 44.9 Å². The summed E-state index contributed by atoms with van der Waals surface area (Å²) in [5.41, 5.74) is 1.20. The van der Waals surface area contributed by atoms with Gasteiger partial charge in [-0.3, -0.25) is 4.79 Å². The molecule has 1 aromatic carbocycles. The van der Waals surface area contributed by atoms with E-state index in [1.807, 2.05) is 29.0 Å². The topological polar surface area (TPSA) is 67.2 Å². The predicted octanol–water partition coefficient (Wildman–Crippen LogP) is 2.10. The number of aliphatic hydroxyl groups excluding tert-OH is 1. The van der Waals surface area contributed by atoms with Crippen molar-refractivity contribution in [3.63, 3.8) is 0 Å². The maximum Gasteiger partial charge on any atom is 0.223 e. The van der Waals surface area contributed by atoms with Gasteiger partial charge in [0.05, 0.1) is 12.6 Å². The zero-order valence-corrected chi connectivity index (χ0v) is 13.2. The quantitative estimate of drug-likeness (QED) is 0.888. The highest BCUT2D eigenvalue weighted by Gasteiger charge is 2.25. The smallest absolute Gasteiger partial charge is 0.223 e. The molecule has 3 rings (SSSR count). The summed E-state index contributed by atoms with van der Waals surface area (Å²) >= 11 is 0. The molecule has 0 radical (unpaired) electrons. The fraction of sp³-hybridized carbons (Fsp3) is 0.444. The Hall–Kier alpha value is -2.14. The number of rotatable bonds is 5. The summed E-state index contributed by atoms with van der Waals surface area (Å²) in [6, 6.07) is 10.2. The van der Waals surface area contributed by atoms with E-state index in [0.717, 1.165) is 31.6 Å². The van der Waals surface area contributed by atoms with Gasteiger partial charge in [0.2, 0.25) is 5.91 Å². The van der Waals surface area contributed by atoms with Crippen LogP contribution in [0, 0.1) is 5.92 Å². The van der Waals surface area contributed by atoms with Gasteiger partial charge in [-0.2, -0.15) is 0 Å². The molecule has 1 heterocycles. The third-order valence-corrected chi connectivity index (χ3v) is 4.44. The highest BCUT2D eigenvalue weighted by Crippen LogP contribution is 2.24. The van der Waals surface area contributed by atoms with Gasteiger partial charge in [0, 0.05) is 24.9 Å². The maximum atomic E-state index is 12.2. The molecule has 23 heavy (non-hydrogen) atoms. The van der Waals surface area contributed by atoms with E-state index in [-0.39, 0.29) is 17.9 Å². The number of imidazole rings is 1. The molecular formula is C18H23N3O2. The molecule has 1 aromatic heterocycles. The van der Waals surface area contributed by atoms with Gasteiger partial charge in [-0.05, 0) is 24.8 Å². The summed E-state index contributed by atoms with van der Waals surface area (Å²) in [6.07, 6.45) is 6.52. The lowest BCUT2D eigenvalue weighted by Crippen LogP contribution is -2.35. The van der Waals surface area contributed by atoms with Gasteiger partial charge in [0.25, 0.3) is 0 Å². The molecule has 1 saturated carbocycles. The van der Waals surface area contributed by atoms with E-state index in [9.17, 15) is 9.90 Å². The zero-order chi connectivity index (χ0) is 16.1. The van der Waals surface area contributed by atoms with Gasteiger partial charge < -0.3 is 15.0 Å². The van der Waals surface area contributed by atoms with E-state index in [1.165, 1.54) is 5.56 Å². The molecule has 1 aliphatic carbocycles. The Kier molecular flexibility index (Phi) is 5.08. The first-order valence-electron chi connectivity index (χ1n) is 8.22. The van der Waals surface area contributed by atoms with Gasteiger partial charge in [0.1, 0.15) is 5.82 Å². The van der Waals surface area contributed by atoms with Crippen LogP contribution in [0.15, 0.2) is 42.7 Å². The van der Waals surface area contributed by atoms with Crippen molar-refractivity contribution >= 4 is 5.91 Å². The Bertz CT molecular complexity index is 639. The van der Waals surface area contributed by atoms with E-state index >= 15 is 0 Å². The normalized spacial score (nSPS) is 21.1. The van der Waals surface area contributed by atoms with Crippen molar-refractivity contribution < 1.29 is 9.90 Å². The van der Waals surface area contributed by atoms with Gasteiger partial charge in [-0.1, -0.05) is 36.8 Å². The third-order valence-electron chi connectivity index (χ3n) is 4.44. The molecule has 2 N–H and O–H groups in total. The monoisotopic (exact) mass is 313 g/mol. The standard InChI is InChI=1S/C18H23N3O2/c22-16-8-4-7-15(11-16)18(23)20-12-17-19-9-10-21(17)13-14-5-2-1-3-6-14/h1-3,5-6,9-10,15-16,22H,4,7-8,11-13H2,(H,20,23)/t15-,16-/m0/s1. The summed E-state index contributed by atoms with van der Waals surface area (Å²) in [6.45, 7) is 1.17. The van der Waals surface area contributed by atoms with Gasteiger partial charge in [-0.15, -0.1) is 0 Å². The molecule has 0 spiro atoms. The number of hydrogen-bond acceptors (Lipinski definition) is 3. The van der Waals surface area contributed by atoms with Crippen molar-refractivity contribution in [1.29, 1.82) is 0 Å². The van der Waals surface area contributed by atoms with E-state index in [4.69, 9.17) is 0 Å². The highest BCUT2D eigenvalue weighted by molar-refractivity contribution is 5.78. The van der Waals surface area contributed by atoms with Crippen molar-refractivity contribution in [2.75, 3.05) is 0 Å². The molecule has 2 aromatic rings. The van der Waals surface area contributed by atoms with Crippen LogP contribution in [-0.4, -0.2) is 26.7 Å². The lowest BCUT2D eigenvalue weighted by Gasteiger charge is -2.24. The van der Waals surface area contributed by atoms with Crippen LogP contribution in [0.2, 0.25) is 0 Å². The number of carbonyl (C=O) groups is 1. The Morgan fingerprint density at radius 2 is 2.13 bits per heavy atom. The molecule has 0 aliphatic heterocycles. The fourth-order valence-corrected chi connectivity index (χ4v) is 3.14. The maximum absolute atomic E-state index is 12.2. The Morgan fingerprint density at radius 3 is 2.91 bits per heavy atom. The molecule has 1 aliphatic rings. The largest absolute Gasteiger partial charge is 0.393 e. The molecule has 2 atom stereocenters. The minimum atomic E-state index is -0.334. The second-order valence-electron chi connectivity index (χ2n) is 6.19. The van der Waals surface area contributed by atoms with E-state index in [0.29, 0.717) is 13.0 Å². The van der Waals surface area contributed by atoms with E-state index in [2.05, 4.69) is 22.4 Å². The number of nitrogens with one attached hydrogen (secondary N) is 1. The number of amides is 1. The summed E-state index contributed by atoms with van der Waals surface area (Å²) in [5, 5.41) is 12.7. The van der Waals surface area contributed by atoms with E-state index in [1.54, 1.807) is 6.20 Å². The van der Waals surface area contributed by atoms with Crippen molar-refractivity contribution in [3.8, 4) is 0 Å². The molecule has 0 unspecified atom stereocenters. The number of benzene rings is 1. The first kappa shape index (κ1) is 15.7. The number of carbonyl (C=O) groups excluding carboxylic acids is 1. The lowest BCUT2D eigenvalue weighted by atomic mass is 9.87. The minimum absolute atomic E-state index is 0.0259. The molecule has 5 heteroatoms. The molecule has 122 valence electrons. The summed E-state index contributed by atoms with van der Waals surface area (Å²) in [5.74, 6) is 0.799. The van der Waals surface area contributed by atoms with Crippen molar-refractivity contribution in [1.82, 2.24) is 14.9 Å². The fourth-order valence-electron chi connectivity index (χ4n) is 3.14. The van der Waals surface area contributed by atoms with Crippen LogP contribution in [0.1, 0.15) is 37.1 Å². The zero-order valence-electron chi connectivity index (χ0n) is 13.2. The third kappa shape index (κ3) is 4.20. The summed E-state index contributed by atoms with van der Waals surface area (Å²) in [4.78, 5) is 16.6. The van der Waals surface area contributed by atoms with Crippen LogP contribution in [0.4, 0.5) is 0 Å². The number of hydrogen-bond donors (Lipinski definition) is 2. The van der Waals surface area contributed by atoms with Gasteiger partial charge >= 0.3 is 0 Å². The van der Waals surface area contributed by atoms with Crippen molar-refractivity contribution in [3.05, 3.63) is 54.1 Å². The molecular weight excluding hydrogens is 290 g/mol. The molecule has 1 fully saturated rings. The first-order valence-corrected chi connectivity index (χ1v) is 8.22. The van der Waals surface area contributed by atoms with Gasteiger partial charge in [-0.25, -0.2) is 4.98 Å². The number of aromatic nitrogens is 2. The average molecular weight is 313 g/mol. The lowest BCUT2D eigenvalue weighted by molar-refractivity contribution is -0.127. The van der Waals surface area contributed by atoms with E-state index < -0.39 is 0 Å². The number of nitrogens with zero attached hydrogens (tertiary/aromatic N) is 2. The second-order valence-corrected chi connectivity index (χ2v) is 6.19. The van der Waals surface area contributed by atoms with Crippen LogP contribution >= 0.6 is 0 Å². The molecule has 5 nitrogen and oxygen atoms in total. The summed E-state index contributed by atoms with van der Waals surface area (Å²) < 4.78 is 2.05. The summed E-state index contributed by atoms with van der Waals surface area (Å²) in [7, 11) is 0. The average Bonchev–Trinajstić information content (AvgIpc) is 3.00. The Labute approximate surface area is 136 Å². The molecule has 1 amide bonds. The van der Waals surface area contributed by atoms with Crippen LogP contribution in [-0.2, 0) is 17.9 Å². The minimum Gasteiger partial charge on any atom is -0.393 e. The SMILES string of the molecule is O=C(NCc1nccn1Cc1ccccc1)[C@H]1CCC[C@H](O)C1. The van der Waals surface area contributed by atoms with Crippen LogP contribution in [0.3, 0.4) is 0 Å². The first-order chi connectivity index (χ1) is 11.2. The van der Waals surface area contributed by atoms with Crippen LogP contribution in [0.25, 0.3) is 0 Å². The van der Waals surface area contributed by atoms with Crippen LogP contribution in [0.5, 0.6) is 0 Å². The number of aliphatic hydroxyl groups is 1. The molecule has 0 bridgehead atoms. The Morgan fingerprint density at radius 1 is 1.30 bits per heavy atom. The highest BCUT2D eigenvalue weighted by atomic mass is 16.3. The molecule has 0 saturated heterocycles. The predicted molar refractivity (Wildman–Crippen MR) is 87.6 cm³/mol. The van der Waals surface area contributed by atoms with Crippen molar-refractivity contribution in [2.24, 2.45) is 5.92 Å². The Balaban J connectivity index is 1.56. The van der Waals surface area contributed by atoms with Gasteiger partial charge in [0.15, 0.2) is 0 Å². The second kappa shape index (κ2) is 7.42.